The summed E-state index contributed by atoms with van der Waals surface area (Å²) < 4.78 is 0. The van der Waals surface area contributed by atoms with Crippen LogP contribution >= 0.6 is 0 Å². The first-order valence-corrected chi connectivity index (χ1v) is 8.02. The Morgan fingerprint density at radius 2 is 1.83 bits per heavy atom. The molecule has 0 spiro atoms. The summed E-state index contributed by atoms with van der Waals surface area (Å²) in [5, 5.41) is 13.9. The summed E-state index contributed by atoms with van der Waals surface area (Å²) in [5.41, 5.74) is 5.35. The molecular formula is C15H26N4O5. The van der Waals surface area contributed by atoms with Gasteiger partial charge in [0.05, 0.1) is 6.54 Å². The van der Waals surface area contributed by atoms with Gasteiger partial charge in [0.25, 0.3) is 0 Å². The topological polar surface area (TPSA) is 142 Å². The Morgan fingerprint density at radius 1 is 1.21 bits per heavy atom. The lowest BCUT2D eigenvalue weighted by atomic mass is 10.0. The van der Waals surface area contributed by atoms with Crippen LogP contribution in [0.15, 0.2) is 0 Å². The molecule has 0 aliphatic carbocycles. The molecule has 1 aliphatic heterocycles. The van der Waals surface area contributed by atoms with Gasteiger partial charge in [-0.25, -0.2) is 0 Å². The molecule has 0 aromatic carbocycles. The Balaban J connectivity index is 2.77. The van der Waals surface area contributed by atoms with E-state index in [0.29, 0.717) is 19.4 Å². The first kappa shape index (κ1) is 19.9. The maximum Gasteiger partial charge on any atom is 0.325 e. The van der Waals surface area contributed by atoms with Crippen LogP contribution in [0.2, 0.25) is 0 Å². The number of hydrogen-bond acceptors (Lipinski definition) is 5. The molecule has 1 aliphatic rings. The number of amides is 3. The molecule has 3 atom stereocenters. The number of nitrogens with two attached hydrogens (primary N) is 1. The van der Waals surface area contributed by atoms with Crippen molar-refractivity contribution >= 4 is 23.7 Å². The van der Waals surface area contributed by atoms with E-state index < -0.39 is 35.9 Å². The normalized spacial score (nSPS) is 19.7. The van der Waals surface area contributed by atoms with E-state index in [1.807, 2.05) is 0 Å². The van der Waals surface area contributed by atoms with Crippen molar-refractivity contribution in [3.8, 4) is 0 Å². The van der Waals surface area contributed by atoms with Crippen LogP contribution in [0.5, 0.6) is 0 Å². The number of nitrogens with one attached hydrogen (secondary N) is 2. The molecule has 0 bridgehead atoms. The zero-order valence-corrected chi connectivity index (χ0v) is 14.2. The van der Waals surface area contributed by atoms with Gasteiger partial charge in [-0.3, -0.25) is 19.2 Å². The van der Waals surface area contributed by atoms with Crippen LogP contribution in [0, 0.1) is 5.92 Å². The van der Waals surface area contributed by atoms with Gasteiger partial charge >= 0.3 is 5.97 Å². The van der Waals surface area contributed by atoms with E-state index in [4.69, 9.17) is 10.8 Å². The van der Waals surface area contributed by atoms with E-state index in [2.05, 4.69) is 10.6 Å². The molecule has 24 heavy (non-hydrogen) atoms. The van der Waals surface area contributed by atoms with E-state index in [9.17, 15) is 19.2 Å². The van der Waals surface area contributed by atoms with Gasteiger partial charge in [0.2, 0.25) is 17.7 Å². The lowest BCUT2D eigenvalue weighted by Gasteiger charge is -2.28. The minimum atomic E-state index is -1.16. The third kappa shape index (κ3) is 4.92. The summed E-state index contributed by atoms with van der Waals surface area (Å²) in [6, 6.07) is -2.58. The Labute approximate surface area is 140 Å². The summed E-state index contributed by atoms with van der Waals surface area (Å²) in [4.78, 5) is 48.8. The minimum Gasteiger partial charge on any atom is -0.480 e. The summed E-state index contributed by atoms with van der Waals surface area (Å²) in [6.45, 7) is 5.12. The molecule has 0 aromatic rings. The van der Waals surface area contributed by atoms with Gasteiger partial charge in [0, 0.05) is 6.54 Å². The van der Waals surface area contributed by atoms with Crippen molar-refractivity contribution in [1.29, 1.82) is 0 Å². The summed E-state index contributed by atoms with van der Waals surface area (Å²) in [5.74, 6) is -2.70. The van der Waals surface area contributed by atoms with Gasteiger partial charge in [-0.15, -0.1) is 0 Å². The zero-order chi connectivity index (χ0) is 18.4. The number of hydrogen-bond donors (Lipinski definition) is 4. The number of carboxylic acids is 1. The van der Waals surface area contributed by atoms with Crippen molar-refractivity contribution in [3.05, 3.63) is 0 Å². The predicted octanol–water partition coefficient (Wildman–Crippen LogP) is -1.33. The zero-order valence-electron chi connectivity index (χ0n) is 14.2. The van der Waals surface area contributed by atoms with Gasteiger partial charge in [0.1, 0.15) is 18.1 Å². The fraction of sp³-hybridized carbons (Fsp3) is 0.733. The molecule has 0 radical (unpaired) electrons. The number of carboxylic acid groups (broad SMARTS) is 1. The van der Waals surface area contributed by atoms with E-state index in [0.717, 1.165) is 0 Å². The highest BCUT2D eigenvalue weighted by molar-refractivity contribution is 5.93. The summed E-state index contributed by atoms with van der Waals surface area (Å²) >= 11 is 0. The van der Waals surface area contributed by atoms with Crippen LogP contribution in [0.4, 0.5) is 0 Å². The number of carbonyl (C=O) groups excluding carboxylic acids is 3. The molecule has 1 heterocycles. The molecular weight excluding hydrogens is 316 g/mol. The molecule has 3 amide bonds. The third-order valence-corrected chi connectivity index (χ3v) is 4.03. The largest absolute Gasteiger partial charge is 0.480 e. The van der Waals surface area contributed by atoms with Crippen LogP contribution in [0.25, 0.3) is 0 Å². The third-order valence-electron chi connectivity index (χ3n) is 4.03. The molecule has 0 aromatic heterocycles. The predicted molar refractivity (Wildman–Crippen MR) is 85.8 cm³/mol. The Morgan fingerprint density at radius 3 is 2.33 bits per heavy atom. The fourth-order valence-corrected chi connectivity index (χ4v) is 2.60. The maximum atomic E-state index is 12.5. The van der Waals surface area contributed by atoms with Gasteiger partial charge in [-0.05, 0) is 25.7 Å². The van der Waals surface area contributed by atoms with Crippen molar-refractivity contribution < 1.29 is 24.3 Å². The fourth-order valence-electron chi connectivity index (χ4n) is 2.60. The maximum absolute atomic E-state index is 12.5. The molecule has 0 saturated carbocycles. The molecule has 9 heteroatoms. The molecule has 1 saturated heterocycles. The summed E-state index contributed by atoms with van der Waals surface area (Å²) in [7, 11) is 0. The number of nitrogens with zero attached hydrogens (tertiary/aromatic N) is 1. The van der Waals surface area contributed by atoms with E-state index in [1.165, 1.54) is 11.8 Å². The number of rotatable bonds is 7. The van der Waals surface area contributed by atoms with Gasteiger partial charge in [-0.1, -0.05) is 13.8 Å². The van der Waals surface area contributed by atoms with Crippen molar-refractivity contribution in [2.45, 2.75) is 51.7 Å². The number of carbonyl (C=O) groups is 4. The quantitative estimate of drug-likeness (QED) is 0.451. The molecule has 1 fully saturated rings. The second-order valence-electron chi connectivity index (χ2n) is 6.25. The van der Waals surface area contributed by atoms with Crippen molar-refractivity contribution in [2.24, 2.45) is 11.7 Å². The molecule has 136 valence electrons. The van der Waals surface area contributed by atoms with Crippen LogP contribution in [-0.2, 0) is 19.2 Å². The second-order valence-corrected chi connectivity index (χ2v) is 6.25. The Bertz CT molecular complexity index is 508. The van der Waals surface area contributed by atoms with E-state index in [1.54, 1.807) is 13.8 Å². The highest BCUT2D eigenvalue weighted by atomic mass is 16.4. The number of aliphatic carboxylic acids is 1. The van der Waals surface area contributed by atoms with Crippen LogP contribution in [0.1, 0.15) is 33.6 Å². The first-order valence-electron chi connectivity index (χ1n) is 8.02. The van der Waals surface area contributed by atoms with Crippen LogP contribution in [-0.4, -0.2) is 64.9 Å². The van der Waals surface area contributed by atoms with Crippen molar-refractivity contribution in [3.63, 3.8) is 0 Å². The highest BCUT2D eigenvalue weighted by Crippen LogP contribution is 2.18. The average Bonchev–Trinajstić information content (AvgIpc) is 3.00. The average molecular weight is 342 g/mol. The minimum absolute atomic E-state index is 0.173. The Hall–Kier alpha value is -2.16. The lowest BCUT2D eigenvalue weighted by Crippen LogP contribution is -2.57. The smallest absolute Gasteiger partial charge is 0.325 e. The summed E-state index contributed by atoms with van der Waals surface area (Å²) in [6.07, 6.45) is 1.20. The number of likely N-dealkylation sites (tertiary alicyclic amines) is 1. The Kier molecular flexibility index (Phi) is 7.15. The standard InChI is InChI=1S/C15H26N4O5/c1-8(2)12(14(22)17-9(3)15(23)24)18-13(21)10-5-4-6-19(10)11(20)7-16/h8-10,12H,4-7,16H2,1-3H3,(H,17,22)(H,18,21)(H,23,24). The van der Waals surface area contributed by atoms with Crippen LogP contribution in [0.3, 0.4) is 0 Å². The molecule has 1 rings (SSSR count). The van der Waals surface area contributed by atoms with Crippen molar-refractivity contribution in [1.82, 2.24) is 15.5 Å². The molecule has 3 unspecified atom stereocenters. The van der Waals surface area contributed by atoms with Crippen LogP contribution < -0.4 is 16.4 Å². The molecule has 5 N–H and O–H groups in total. The van der Waals surface area contributed by atoms with E-state index in [-0.39, 0.29) is 18.4 Å². The first-order chi connectivity index (χ1) is 11.2. The van der Waals surface area contributed by atoms with Gasteiger partial charge < -0.3 is 26.4 Å². The highest BCUT2D eigenvalue weighted by Gasteiger charge is 2.36. The SMILES string of the molecule is CC(NC(=O)C(NC(=O)C1CCCN1C(=O)CN)C(C)C)C(=O)O. The second kappa shape index (κ2) is 8.62. The monoisotopic (exact) mass is 342 g/mol. The molecule has 9 nitrogen and oxygen atoms in total. The van der Waals surface area contributed by atoms with Gasteiger partial charge in [-0.2, -0.15) is 0 Å². The lowest BCUT2D eigenvalue weighted by molar-refractivity contribution is -0.142. The van der Waals surface area contributed by atoms with Gasteiger partial charge in [0.15, 0.2) is 0 Å². The van der Waals surface area contributed by atoms with E-state index >= 15 is 0 Å². The van der Waals surface area contributed by atoms with Crippen molar-refractivity contribution in [2.75, 3.05) is 13.1 Å².